The van der Waals surface area contributed by atoms with Crippen LogP contribution in [0.15, 0.2) is 59.5 Å². The van der Waals surface area contributed by atoms with E-state index in [0.717, 1.165) is 6.29 Å². The Labute approximate surface area is 184 Å². The van der Waals surface area contributed by atoms with E-state index < -0.39 is 28.8 Å². The van der Waals surface area contributed by atoms with Crippen LogP contribution in [0, 0.1) is 11.8 Å². The second-order valence-electron chi connectivity index (χ2n) is 8.07. The first-order chi connectivity index (χ1) is 15.2. The molecule has 2 aliphatic rings. The Kier molecular flexibility index (Phi) is 6.17. The number of fused-ring (bicyclic) bond motifs is 1. The number of halogens is 3. The first kappa shape index (κ1) is 22.6. The van der Waals surface area contributed by atoms with Gasteiger partial charge >= 0.3 is 6.18 Å². The quantitative estimate of drug-likeness (QED) is 0.609. The van der Waals surface area contributed by atoms with Gasteiger partial charge in [-0.2, -0.15) is 17.5 Å². The molecule has 2 saturated heterocycles. The van der Waals surface area contributed by atoms with E-state index in [9.17, 15) is 26.4 Å². The van der Waals surface area contributed by atoms with Crippen molar-refractivity contribution in [3.8, 4) is 5.75 Å². The molecule has 10 heteroatoms. The van der Waals surface area contributed by atoms with E-state index in [1.165, 1.54) is 16.4 Å². The van der Waals surface area contributed by atoms with Gasteiger partial charge < -0.3 is 14.4 Å². The van der Waals surface area contributed by atoms with Crippen LogP contribution in [0.2, 0.25) is 0 Å². The number of sulfonamides is 1. The molecule has 0 N–H and O–H groups in total. The lowest BCUT2D eigenvalue weighted by Gasteiger charge is -2.41. The number of carbonyl (C=O) groups excluding carboxylic acids is 1. The molecular weight excluding hydrogens is 445 g/mol. The lowest BCUT2D eigenvalue weighted by Crippen LogP contribution is -2.50. The Morgan fingerprint density at radius 3 is 2.34 bits per heavy atom. The van der Waals surface area contributed by atoms with Gasteiger partial charge in [0.2, 0.25) is 10.0 Å². The van der Waals surface area contributed by atoms with Crippen molar-refractivity contribution in [3.05, 3.63) is 54.6 Å². The maximum atomic E-state index is 13.0. The van der Waals surface area contributed by atoms with Crippen molar-refractivity contribution in [3.63, 3.8) is 0 Å². The third-order valence-corrected chi connectivity index (χ3v) is 7.93. The number of piperidine rings is 1. The summed E-state index contributed by atoms with van der Waals surface area (Å²) in [6.07, 6.45) is -2.87. The fraction of sp³-hybridized carbons (Fsp3) is 0.409. The van der Waals surface area contributed by atoms with Gasteiger partial charge in [0.1, 0.15) is 12.0 Å². The fourth-order valence-electron chi connectivity index (χ4n) is 4.55. The molecule has 2 heterocycles. The first-order valence-electron chi connectivity index (χ1n) is 10.3. The van der Waals surface area contributed by atoms with Crippen LogP contribution in [0.3, 0.4) is 0 Å². The highest BCUT2D eigenvalue weighted by Crippen LogP contribution is 2.39. The van der Waals surface area contributed by atoms with Gasteiger partial charge in [0.25, 0.3) is 0 Å². The molecule has 3 atom stereocenters. The summed E-state index contributed by atoms with van der Waals surface area (Å²) in [6, 6.07) is 13.8. The highest BCUT2D eigenvalue weighted by Gasteiger charge is 2.47. The molecule has 172 valence electrons. The Hall–Kier alpha value is -2.59. The zero-order chi connectivity index (χ0) is 22.9. The van der Waals surface area contributed by atoms with Gasteiger partial charge in [-0.1, -0.05) is 18.2 Å². The molecule has 2 aliphatic heterocycles. The number of benzene rings is 2. The summed E-state index contributed by atoms with van der Waals surface area (Å²) in [7, 11) is -3.64. The number of alkyl halides is 3. The smallest absolute Gasteiger partial charge is 0.422 e. The van der Waals surface area contributed by atoms with Gasteiger partial charge in [-0.15, -0.1) is 0 Å². The van der Waals surface area contributed by atoms with Crippen molar-refractivity contribution in [2.24, 2.45) is 11.8 Å². The largest absolute Gasteiger partial charge is 0.484 e. The third-order valence-electron chi connectivity index (χ3n) is 6.09. The molecule has 0 amide bonds. The standard InChI is InChI=1S/C22H23F3N2O4S/c23-22(24,25)15-31-18-8-6-17(7-9-18)27-11-10-16-12-26(13-20(16)21(27)14-28)32(29,30)19-4-2-1-3-5-19/h1-9,14,16,20-21H,10-13,15H2. The second-order valence-corrected chi connectivity index (χ2v) is 10.0. The number of hydrogen-bond acceptors (Lipinski definition) is 5. The predicted octanol–water partition coefficient (Wildman–Crippen LogP) is 3.34. The summed E-state index contributed by atoms with van der Waals surface area (Å²) in [5.74, 6) is -0.0140. The molecule has 2 aromatic carbocycles. The average molecular weight is 468 g/mol. The number of aldehydes is 1. The summed E-state index contributed by atoms with van der Waals surface area (Å²) in [5, 5.41) is 0. The minimum Gasteiger partial charge on any atom is -0.484 e. The van der Waals surface area contributed by atoms with Crippen molar-refractivity contribution >= 4 is 22.0 Å². The fourth-order valence-corrected chi connectivity index (χ4v) is 6.10. The zero-order valence-electron chi connectivity index (χ0n) is 17.1. The molecule has 0 aliphatic carbocycles. The van der Waals surface area contributed by atoms with E-state index in [2.05, 4.69) is 0 Å². The third kappa shape index (κ3) is 4.61. The molecule has 4 rings (SSSR count). The Bertz CT molecular complexity index is 1050. The molecule has 32 heavy (non-hydrogen) atoms. The molecule has 0 radical (unpaired) electrons. The minimum atomic E-state index is -4.42. The lowest BCUT2D eigenvalue weighted by atomic mass is 9.82. The Morgan fingerprint density at radius 1 is 1.03 bits per heavy atom. The van der Waals surface area contributed by atoms with Crippen molar-refractivity contribution < 1.29 is 31.1 Å². The minimum absolute atomic E-state index is 0.0642. The van der Waals surface area contributed by atoms with Crippen LogP contribution in [0.1, 0.15) is 6.42 Å². The lowest BCUT2D eigenvalue weighted by molar-refractivity contribution is -0.153. The summed E-state index contributed by atoms with van der Waals surface area (Å²) in [5.41, 5.74) is 0.685. The van der Waals surface area contributed by atoms with Crippen LogP contribution in [-0.4, -0.2) is 57.5 Å². The normalized spacial score (nSPS) is 24.2. The first-order valence-corrected chi connectivity index (χ1v) is 11.7. The van der Waals surface area contributed by atoms with E-state index in [0.29, 0.717) is 25.2 Å². The van der Waals surface area contributed by atoms with Crippen LogP contribution in [-0.2, 0) is 14.8 Å². The van der Waals surface area contributed by atoms with Gasteiger partial charge in [-0.05, 0) is 48.7 Å². The molecule has 0 saturated carbocycles. The van der Waals surface area contributed by atoms with E-state index in [1.54, 1.807) is 42.5 Å². The molecule has 6 nitrogen and oxygen atoms in total. The van der Waals surface area contributed by atoms with Crippen LogP contribution < -0.4 is 9.64 Å². The van der Waals surface area contributed by atoms with Gasteiger partial charge in [-0.25, -0.2) is 8.42 Å². The highest BCUT2D eigenvalue weighted by atomic mass is 32.2. The van der Waals surface area contributed by atoms with Crippen molar-refractivity contribution in [1.29, 1.82) is 0 Å². The van der Waals surface area contributed by atoms with E-state index in [-0.39, 0.29) is 29.0 Å². The summed E-state index contributed by atoms with van der Waals surface area (Å²) in [4.78, 5) is 14.2. The molecule has 2 aromatic rings. The van der Waals surface area contributed by atoms with Crippen LogP contribution in [0.4, 0.5) is 18.9 Å². The van der Waals surface area contributed by atoms with Gasteiger partial charge in [0.15, 0.2) is 6.61 Å². The summed E-state index contributed by atoms with van der Waals surface area (Å²) >= 11 is 0. The predicted molar refractivity (Wildman–Crippen MR) is 112 cm³/mol. The number of ether oxygens (including phenoxy) is 1. The highest BCUT2D eigenvalue weighted by molar-refractivity contribution is 7.89. The molecule has 2 fully saturated rings. The van der Waals surface area contributed by atoms with Crippen molar-refractivity contribution in [2.45, 2.75) is 23.5 Å². The van der Waals surface area contributed by atoms with Crippen molar-refractivity contribution in [2.75, 3.05) is 31.1 Å². The molecule has 0 spiro atoms. The van der Waals surface area contributed by atoms with Crippen molar-refractivity contribution in [1.82, 2.24) is 4.31 Å². The van der Waals surface area contributed by atoms with E-state index in [4.69, 9.17) is 4.74 Å². The number of carbonyl (C=O) groups is 1. The number of rotatable bonds is 6. The van der Waals surface area contributed by atoms with Gasteiger partial charge in [-0.3, -0.25) is 0 Å². The number of nitrogens with zero attached hydrogens (tertiary/aromatic N) is 2. The SMILES string of the molecule is O=CC1C2CN(S(=O)(=O)c3ccccc3)CC2CCN1c1ccc(OCC(F)(F)F)cc1. The van der Waals surface area contributed by atoms with Gasteiger partial charge in [0.05, 0.1) is 10.9 Å². The number of hydrogen-bond donors (Lipinski definition) is 0. The Balaban J connectivity index is 1.49. The monoisotopic (exact) mass is 468 g/mol. The summed E-state index contributed by atoms with van der Waals surface area (Å²) in [6.45, 7) is -0.214. The van der Waals surface area contributed by atoms with Crippen LogP contribution >= 0.6 is 0 Å². The molecule has 3 unspecified atom stereocenters. The van der Waals surface area contributed by atoms with Crippen LogP contribution in [0.5, 0.6) is 5.75 Å². The van der Waals surface area contributed by atoms with E-state index >= 15 is 0 Å². The average Bonchev–Trinajstić information content (AvgIpc) is 3.23. The van der Waals surface area contributed by atoms with Gasteiger partial charge in [0, 0.05) is 31.2 Å². The zero-order valence-corrected chi connectivity index (χ0v) is 17.9. The second kappa shape index (κ2) is 8.74. The maximum absolute atomic E-state index is 13.0. The Morgan fingerprint density at radius 2 is 1.72 bits per heavy atom. The topological polar surface area (TPSA) is 66.9 Å². The molecule has 0 aromatic heterocycles. The van der Waals surface area contributed by atoms with Crippen LogP contribution in [0.25, 0.3) is 0 Å². The summed E-state index contributed by atoms with van der Waals surface area (Å²) < 4.78 is 69.3. The number of anilines is 1. The molecular formula is C22H23F3N2O4S. The maximum Gasteiger partial charge on any atom is 0.422 e. The molecule has 0 bridgehead atoms. The van der Waals surface area contributed by atoms with E-state index in [1.807, 2.05) is 4.90 Å².